The minimum absolute atomic E-state index is 0.269. The van der Waals surface area contributed by atoms with E-state index in [0.717, 1.165) is 27.7 Å². The van der Waals surface area contributed by atoms with E-state index >= 15 is 0 Å². The minimum atomic E-state index is -4.41. The molecule has 0 saturated heterocycles. The van der Waals surface area contributed by atoms with E-state index in [9.17, 15) is 18.0 Å². The number of hydrogen-bond donors (Lipinski definition) is 0. The van der Waals surface area contributed by atoms with E-state index < -0.39 is 33.8 Å². The van der Waals surface area contributed by atoms with Crippen molar-refractivity contribution in [1.82, 2.24) is 4.98 Å². The molecule has 0 amide bonds. The van der Waals surface area contributed by atoms with Crippen molar-refractivity contribution in [2.45, 2.75) is 42.8 Å². The molecule has 4 aromatic rings. The number of carbonyl (C=O) groups is 1. The van der Waals surface area contributed by atoms with E-state index in [2.05, 4.69) is 18.2 Å². The van der Waals surface area contributed by atoms with E-state index in [-0.39, 0.29) is 12.5 Å². The maximum Gasteiger partial charge on any atom is 0.416 e. The van der Waals surface area contributed by atoms with Gasteiger partial charge in [0.2, 0.25) is 5.89 Å². The van der Waals surface area contributed by atoms with Crippen LogP contribution in [0.25, 0.3) is 22.6 Å². The summed E-state index contributed by atoms with van der Waals surface area (Å²) in [4.78, 5) is 18.5. The summed E-state index contributed by atoms with van der Waals surface area (Å²) in [5, 5.41) is 0. The molecule has 0 aliphatic rings. The van der Waals surface area contributed by atoms with Gasteiger partial charge >= 0.3 is 12.1 Å². The van der Waals surface area contributed by atoms with Crippen LogP contribution in [0.15, 0.2) is 80.9 Å². The van der Waals surface area contributed by atoms with Crippen LogP contribution in [-0.4, -0.2) is 35.7 Å². The van der Waals surface area contributed by atoms with Gasteiger partial charge in [0, 0.05) is 10.5 Å². The largest absolute Gasteiger partial charge is 0.479 e. The molecule has 4 rings (SSSR count). The molecule has 0 spiro atoms. The van der Waals surface area contributed by atoms with Crippen LogP contribution in [0.3, 0.4) is 0 Å². The molecular formula is C28H28F3NO4S. The number of ether oxygens (including phenoxy) is 2. The third kappa shape index (κ3) is 5.46. The highest BCUT2D eigenvalue weighted by Gasteiger charge is 2.30. The Labute approximate surface area is 214 Å². The van der Waals surface area contributed by atoms with Crippen molar-refractivity contribution in [2.24, 2.45) is 0 Å². The molecule has 2 unspecified atom stereocenters. The molecule has 2 atom stereocenters. The van der Waals surface area contributed by atoms with Gasteiger partial charge in [0.15, 0.2) is 11.7 Å². The maximum absolute atomic E-state index is 13.0. The summed E-state index contributed by atoms with van der Waals surface area (Å²) in [6.45, 7) is 5.79. The van der Waals surface area contributed by atoms with E-state index in [1.54, 1.807) is 13.8 Å². The zero-order valence-electron chi connectivity index (χ0n) is 21.0. The number of fused-ring (bicyclic) bond motifs is 1. The number of nitrogens with zero attached hydrogens (tertiary/aromatic N) is 1. The number of halogens is 3. The number of oxazole rings is 1. The summed E-state index contributed by atoms with van der Waals surface area (Å²) in [6.07, 6.45) is -2.95. The fourth-order valence-corrected chi connectivity index (χ4v) is 6.55. The fourth-order valence-electron chi connectivity index (χ4n) is 3.98. The smallest absolute Gasteiger partial charge is 0.416 e. The highest BCUT2D eigenvalue weighted by molar-refractivity contribution is 8.33. The van der Waals surface area contributed by atoms with E-state index in [4.69, 9.17) is 13.9 Å². The quantitative estimate of drug-likeness (QED) is 0.218. The van der Waals surface area contributed by atoms with Gasteiger partial charge in [-0.2, -0.15) is 23.2 Å². The van der Waals surface area contributed by atoms with Crippen molar-refractivity contribution >= 4 is 27.1 Å². The third-order valence-corrected chi connectivity index (χ3v) is 9.94. The molecular weight excluding hydrogens is 503 g/mol. The molecule has 0 fully saturated rings. The van der Waals surface area contributed by atoms with Crippen molar-refractivity contribution < 1.29 is 31.9 Å². The molecule has 0 radical (unpaired) electrons. The van der Waals surface area contributed by atoms with Crippen LogP contribution in [-0.2, 0) is 15.7 Å². The van der Waals surface area contributed by atoms with Gasteiger partial charge < -0.3 is 13.9 Å². The van der Waals surface area contributed by atoms with Crippen molar-refractivity contribution in [2.75, 3.05) is 18.6 Å². The lowest BCUT2D eigenvalue weighted by atomic mass is 10.1. The number of para-hydroxylation sites is 1. The molecule has 0 N–H and O–H groups in total. The van der Waals surface area contributed by atoms with Crippen LogP contribution in [0.5, 0.6) is 5.75 Å². The summed E-state index contributed by atoms with van der Waals surface area (Å²) in [5.74, 6) is 1.23. The predicted molar refractivity (Wildman–Crippen MR) is 138 cm³/mol. The number of benzene rings is 3. The Morgan fingerprint density at radius 2 is 1.70 bits per heavy atom. The van der Waals surface area contributed by atoms with E-state index in [1.807, 2.05) is 42.5 Å². The zero-order valence-corrected chi connectivity index (χ0v) is 21.8. The van der Waals surface area contributed by atoms with Gasteiger partial charge in [-0.1, -0.05) is 13.0 Å². The van der Waals surface area contributed by atoms with Crippen molar-refractivity contribution in [3.63, 3.8) is 0 Å². The number of alkyl halides is 3. The fraction of sp³-hybridized carbons (Fsp3) is 0.286. The summed E-state index contributed by atoms with van der Waals surface area (Å²) in [5.41, 5.74) is 1.01. The molecule has 1 aromatic heterocycles. The van der Waals surface area contributed by atoms with Gasteiger partial charge in [-0.15, -0.1) is 0 Å². The maximum atomic E-state index is 13.0. The Hall–Kier alpha value is -3.46. The van der Waals surface area contributed by atoms with Crippen LogP contribution in [0, 0.1) is 0 Å². The Morgan fingerprint density at radius 1 is 1.03 bits per heavy atom. The van der Waals surface area contributed by atoms with E-state index in [1.165, 1.54) is 12.1 Å². The monoisotopic (exact) mass is 531 g/mol. The average Bonchev–Trinajstić information content (AvgIpc) is 3.33. The Morgan fingerprint density at radius 3 is 2.30 bits per heavy atom. The van der Waals surface area contributed by atoms with Crippen LogP contribution >= 0.6 is 10.0 Å². The standard InChI is InChI=1S/C28H28F3NO4S/c1-5-34-27(33)18(3)35-21-14-16-22(17-15-21)37(4,6-2)24-9-7-8-23-25(24)36-26(32-23)19-10-12-20(13-11-19)28(29,30)31/h7-18H,5-6H2,1-4H3. The predicted octanol–water partition coefficient (Wildman–Crippen LogP) is 7.72. The number of aromatic nitrogens is 1. The Kier molecular flexibility index (Phi) is 7.54. The summed E-state index contributed by atoms with van der Waals surface area (Å²) in [7, 11) is -1.56. The molecule has 1 heterocycles. The Bertz CT molecular complexity index is 1380. The summed E-state index contributed by atoms with van der Waals surface area (Å²) >= 11 is 0. The van der Waals surface area contributed by atoms with Gasteiger partial charge in [-0.3, -0.25) is 0 Å². The highest BCUT2D eigenvalue weighted by atomic mass is 32.3. The molecule has 0 saturated carbocycles. The molecule has 37 heavy (non-hydrogen) atoms. The lowest BCUT2D eigenvalue weighted by Gasteiger charge is -2.35. The van der Waals surface area contributed by atoms with Crippen LogP contribution in [0.4, 0.5) is 13.2 Å². The average molecular weight is 532 g/mol. The van der Waals surface area contributed by atoms with E-state index in [0.29, 0.717) is 22.4 Å². The topological polar surface area (TPSA) is 61.6 Å². The summed E-state index contributed by atoms with van der Waals surface area (Å²) < 4.78 is 55.8. The first-order valence-electron chi connectivity index (χ1n) is 11.8. The lowest BCUT2D eigenvalue weighted by molar-refractivity contribution is -0.150. The van der Waals surface area contributed by atoms with Crippen LogP contribution < -0.4 is 4.74 Å². The van der Waals surface area contributed by atoms with Gasteiger partial charge in [-0.05, 0) is 91.4 Å². The molecule has 0 bridgehead atoms. The highest BCUT2D eigenvalue weighted by Crippen LogP contribution is 2.61. The number of carbonyl (C=O) groups excluding carboxylic acids is 1. The first-order valence-corrected chi connectivity index (χ1v) is 14.0. The molecule has 0 aliphatic heterocycles. The molecule has 3 aromatic carbocycles. The normalized spacial score (nSPS) is 15.1. The molecule has 196 valence electrons. The van der Waals surface area contributed by atoms with Gasteiger partial charge in [0.05, 0.1) is 12.2 Å². The Balaban J connectivity index is 1.66. The van der Waals surface area contributed by atoms with Crippen LogP contribution in [0.1, 0.15) is 26.3 Å². The third-order valence-electron chi connectivity index (χ3n) is 6.18. The minimum Gasteiger partial charge on any atom is -0.479 e. The lowest BCUT2D eigenvalue weighted by Crippen LogP contribution is -2.26. The molecule has 0 aliphatic carbocycles. The molecule has 5 nitrogen and oxygen atoms in total. The van der Waals surface area contributed by atoms with Gasteiger partial charge in [0.1, 0.15) is 11.3 Å². The number of hydrogen-bond acceptors (Lipinski definition) is 5. The van der Waals surface area contributed by atoms with Crippen molar-refractivity contribution in [1.29, 1.82) is 0 Å². The first kappa shape index (κ1) is 26.6. The zero-order chi connectivity index (χ0) is 26.8. The SMILES string of the molecule is CCOC(=O)C(C)Oc1ccc(S(C)(CC)c2cccc3nc(-c4ccc(C(F)(F)F)cc4)oc23)cc1. The second kappa shape index (κ2) is 10.5. The van der Waals surface area contributed by atoms with Crippen LogP contribution in [0.2, 0.25) is 0 Å². The summed E-state index contributed by atoms with van der Waals surface area (Å²) in [6, 6.07) is 18.2. The van der Waals surface area contributed by atoms with Crippen molar-refractivity contribution in [3.8, 4) is 17.2 Å². The second-order valence-corrected chi connectivity index (χ2v) is 12.2. The second-order valence-electron chi connectivity index (χ2n) is 8.56. The number of rotatable bonds is 8. The van der Waals surface area contributed by atoms with Gasteiger partial charge in [-0.25, -0.2) is 9.78 Å². The first-order chi connectivity index (χ1) is 17.6. The van der Waals surface area contributed by atoms with Crippen molar-refractivity contribution in [3.05, 3.63) is 72.3 Å². The molecule has 9 heteroatoms. The van der Waals surface area contributed by atoms with Gasteiger partial charge in [0.25, 0.3) is 0 Å². The number of esters is 1.